The number of aromatic nitrogens is 2. The highest BCUT2D eigenvalue weighted by molar-refractivity contribution is 5.96. The fourth-order valence-corrected chi connectivity index (χ4v) is 4.14. The highest BCUT2D eigenvalue weighted by Crippen LogP contribution is 2.29. The summed E-state index contributed by atoms with van der Waals surface area (Å²) in [4.78, 5) is 19.0. The largest absolute Gasteiger partial charge is 0.388 e. The average Bonchev–Trinajstić information content (AvgIpc) is 3.35. The minimum Gasteiger partial charge on any atom is -0.388 e. The summed E-state index contributed by atoms with van der Waals surface area (Å²) in [6.07, 6.45) is 7.56. The zero-order chi connectivity index (χ0) is 18.0. The van der Waals surface area contributed by atoms with Gasteiger partial charge in [0.15, 0.2) is 0 Å². The van der Waals surface area contributed by atoms with Crippen LogP contribution in [0, 0.1) is 0 Å². The van der Waals surface area contributed by atoms with Gasteiger partial charge in [0.25, 0.3) is 5.91 Å². The molecule has 1 atom stereocenters. The lowest BCUT2D eigenvalue weighted by Gasteiger charge is -2.38. The number of benzene rings is 1. The Kier molecular flexibility index (Phi) is 4.78. The highest BCUT2D eigenvalue weighted by Gasteiger charge is 2.35. The Morgan fingerprint density at radius 2 is 2.12 bits per heavy atom. The van der Waals surface area contributed by atoms with Crippen LogP contribution in [-0.2, 0) is 6.54 Å². The van der Waals surface area contributed by atoms with Gasteiger partial charge in [-0.3, -0.25) is 4.79 Å². The Labute approximate surface area is 153 Å². The molecule has 2 fully saturated rings. The third-order valence-electron chi connectivity index (χ3n) is 5.71. The Hall–Kier alpha value is -2.18. The van der Waals surface area contributed by atoms with E-state index in [4.69, 9.17) is 0 Å². The molecule has 2 aromatic rings. The van der Waals surface area contributed by atoms with E-state index in [-0.39, 0.29) is 5.91 Å². The second kappa shape index (κ2) is 7.21. The predicted octanol–water partition coefficient (Wildman–Crippen LogP) is 1.63. The molecule has 1 aromatic carbocycles. The number of nitrogens with one attached hydrogen (secondary N) is 1. The van der Waals surface area contributed by atoms with E-state index in [0.717, 1.165) is 30.6 Å². The number of carbonyl (C=O) groups excluding carboxylic acids is 1. The summed E-state index contributed by atoms with van der Waals surface area (Å²) in [7, 11) is 0. The van der Waals surface area contributed by atoms with E-state index < -0.39 is 5.60 Å². The summed E-state index contributed by atoms with van der Waals surface area (Å²) in [5.74, 6) is 0.510. The Morgan fingerprint density at radius 1 is 1.31 bits per heavy atom. The Bertz CT molecular complexity index is 745. The lowest BCUT2D eigenvalue weighted by molar-refractivity contribution is -0.0292. The van der Waals surface area contributed by atoms with Crippen LogP contribution in [0.2, 0.25) is 0 Å². The van der Waals surface area contributed by atoms with Crippen LogP contribution in [-0.4, -0.2) is 57.2 Å². The van der Waals surface area contributed by atoms with Gasteiger partial charge in [-0.25, -0.2) is 4.98 Å². The molecular formula is C20H26N4O2. The van der Waals surface area contributed by atoms with Gasteiger partial charge in [-0.15, -0.1) is 0 Å². The van der Waals surface area contributed by atoms with Crippen molar-refractivity contribution in [2.75, 3.05) is 26.2 Å². The number of nitrogens with zero attached hydrogens (tertiary/aromatic N) is 3. The number of imidazole rings is 1. The number of likely N-dealkylation sites (tertiary alicyclic amines) is 1. The van der Waals surface area contributed by atoms with Gasteiger partial charge >= 0.3 is 0 Å². The fourth-order valence-electron chi connectivity index (χ4n) is 4.14. The number of amides is 1. The molecule has 6 nitrogen and oxygen atoms in total. The van der Waals surface area contributed by atoms with Crippen LogP contribution in [0.15, 0.2) is 43.0 Å². The first-order chi connectivity index (χ1) is 12.6. The monoisotopic (exact) mass is 354 g/mol. The molecule has 0 aliphatic carbocycles. The fraction of sp³-hybridized carbons (Fsp3) is 0.500. The molecule has 2 N–H and O–H groups in total. The summed E-state index contributed by atoms with van der Waals surface area (Å²) >= 11 is 0. The molecule has 1 aromatic heterocycles. The molecular weight excluding hydrogens is 328 g/mol. The van der Waals surface area contributed by atoms with Gasteiger partial charge in [-0.2, -0.15) is 0 Å². The quantitative estimate of drug-likeness (QED) is 0.875. The van der Waals surface area contributed by atoms with Gasteiger partial charge < -0.3 is 19.9 Å². The van der Waals surface area contributed by atoms with E-state index in [0.29, 0.717) is 38.4 Å². The molecule has 4 rings (SSSR count). The maximum atomic E-state index is 13.1. The maximum Gasteiger partial charge on any atom is 0.254 e. The minimum atomic E-state index is -0.771. The molecule has 26 heavy (non-hydrogen) atoms. The van der Waals surface area contributed by atoms with Crippen molar-refractivity contribution in [2.45, 2.75) is 37.3 Å². The molecule has 2 aliphatic heterocycles. The standard InChI is InChI=1S/C20H26N4O2/c25-19(18-4-2-1-3-17(18)16-5-8-21-13-16)24-10-6-20(26,7-11-24)14-23-12-9-22-15-23/h1-4,9,12,15-16,21,26H,5-8,10-11,13-14H2/t16-/m0/s1. The van der Waals surface area contributed by atoms with Crippen molar-refractivity contribution >= 4 is 5.91 Å². The van der Waals surface area contributed by atoms with Gasteiger partial charge in [0.1, 0.15) is 0 Å². The van der Waals surface area contributed by atoms with Crippen molar-refractivity contribution in [1.29, 1.82) is 0 Å². The van der Waals surface area contributed by atoms with Crippen molar-refractivity contribution in [1.82, 2.24) is 19.8 Å². The van der Waals surface area contributed by atoms with Crippen molar-refractivity contribution in [3.05, 3.63) is 54.1 Å². The average molecular weight is 354 g/mol. The molecule has 1 amide bonds. The number of rotatable bonds is 4. The van der Waals surface area contributed by atoms with Gasteiger partial charge in [0, 0.05) is 37.6 Å². The SMILES string of the molecule is O=C(c1ccccc1[C@H]1CCNC1)N1CCC(O)(Cn2ccnc2)CC1. The maximum absolute atomic E-state index is 13.1. The smallest absolute Gasteiger partial charge is 0.254 e. The van der Waals surface area contributed by atoms with Gasteiger partial charge in [0.2, 0.25) is 0 Å². The third kappa shape index (κ3) is 3.52. The number of aliphatic hydroxyl groups is 1. The minimum absolute atomic E-state index is 0.0946. The predicted molar refractivity (Wildman–Crippen MR) is 99.0 cm³/mol. The zero-order valence-electron chi connectivity index (χ0n) is 15.0. The second-order valence-electron chi connectivity index (χ2n) is 7.53. The Balaban J connectivity index is 1.44. The van der Waals surface area contributed by atoms with Crippen LogP contribution in [0.3, 0.4) is 0 Å². The number of hydrogen-bond acceptors (Lipinski definition) is 4. The molecule has 0 radical (unpaired) electrons. The lowest BCUT2D eigenvalue weighted by Crippen LogP contribution is -2.48. The van der Waals surface area contributed by atoms with Gasteiger partial charge in [0.05, 0.1) is 18.5 Å². The van der Waals surface area contributed by atoms with Crippen LogP contribution in [0.4, 0.5) is 0 Å². The molecule has 2 aliphatic rings. The number of hydrogen-bond donors (Lipinski definition) is 2. The highest BCUT2D eigenvalue weighted by atomic mass is 16.3. The van der Waals surface area contributed by atoms with Crippen LogP contribution in [0.5, 0.6) is 0 Å². The van der Waals surface area contributed by atoms with E-state index in [1.807, 2.05) is 33.9 Å². The van der Waals surface area contributed by atoms with Crippen molar-refractivity contribution in [3.63, 3.8) is 0 Å². The van der Waals surface area contributed by atoms with Crippen LogP contribution in [0.1, 0.15) is 41.1 Å². The van der Waals surface area contributed by atoms with Gasteiger partial charge in [-0.05, 0) is 43.4 Å². The van der Waals surface area contributed by atoms with E-state index >= 15 is 0 Å². The zero-order valence-corrected chi connectivity index (χ0v) is 15.0. The van der Waals surface area contributed by atoms with Crippen molar-refractivity contribution < 1.29 is 9.90 Å². The lowest BCUT2D eigenvalue weighted by atomic mass is 9.89. The van der Waals surface area contributed by atoms with E-state index in [1.165, 1.54) is 0 Å². The summed E-state index contributed by atoms with van der Waals surface area (Å²) < 4.78 is 1.90. The first kappa shape index (κ1) is 17.2. The molecule has 6 heteroatoms. The number of piperidine rings is 1. The molecule has 138 valence electrons. The first-order valence-electron chi connectivity index (χ1n) is 9.42. The van der Waals surface area contributed by atoms with Crippen LogP contribution < -0.4 is 5.32 Å². The third-order valence-corrected chi connectivity index (χ3v) is 5.71. The van der Waals surface area contributed by atoms with E-state index in [1.54, 1.807) is 12.5 Å². The van der Waals surface area contributed by atoms with E-state index in [2.05, 4.69) is 16.4 Å². The van der Waals surface area contributed by atoms with Gasteiger partial charge in [-0.1, -0.05) is 18.2 Å². The molecule has 0 unspecified atom stereocenters. The molecule has 0 spiro atoms. The summed E-state index contributed by atoms with van der Waals surface area (Å²) in [6.45, 7) is 3.65. The number of carbonyl (C=O) groups is 1. The van der Waals surface area contributed by atoms with E-state index in [9.17, 15) is 9.90 Å². The van der Waals surface area contributed by atoms with Crippen LogP contribution in [0.25, 0.3) is 0 Å². The van der Waals surface area contributed by atoms with Crippen molar-refractivity contribution in [3.8, 4) is 0 Å². The Morgan fingerprint density at radius 3 is 2.81 bits per heavy atom. The normalized spacial score (nSPS) is 22.5. The molecule has 0 bridgehead atoms. The summed E-state index contributed by atoms with van der Waals surface area (Å²) in [5.41, 5.74) is 1.20. The summed E-state index contributed by atoms with van der Waals surface area (Å²) in [6, 6.07) is 8.00. The van der Waals surface area contributed by atoms with Crippen LogP contribution >= 0.6 is 0 Å². The summed E-state index contributed by atoms with van der Waals surface area (Å²) in [5, 5.41) is 14.2. The van der Waals surface area contributed by atoms with Crippen molar-refractivity contribution in [2.24, 2.45) is 0 Å². The molecule has 0 saturated carbocycles. The first-order valence-corrected chi connectivity index (χ1v) is 9.42. The second-order valence-corrected chi connectivity index (χ2v) is 7.53. The topological polar surface area (TPSA) is 70.4 Å². The molecule has 3 heterocycles. The molecule has 2 saturated heterocycles.